The average molecular weight is 263 g/mol. The van der Waals surface area contributed by atoms with Crippen LogP contribution in [0.5, 0.6) is 0 Å². The van der Waals surface area contributed by atoms with Crippen LogP contribution < -0.4 is 11.1 Å². The van der Waals surface area contributed by atoms with E-state index in [-0.39, 0.29) is 5.13 Å². The van der Waals surface area contributed by atoms with Crippen molar-refractivity contribution in [3.8, 4) is 11.3 Å². The minimum atomic E-state index is -1.55. The maximum absolute atomic E-state index is 11.1. The lowest BCUT2D eigenvalue weighted by Gasteiger charge is -2.02. The first-order chi connectivity index (χ1) is 8.58. The standard InChI is InChI=1S/C11H9N3O3S/c12-11-13-7(6-4-2-1-3-5-6)9(18-11)14-8(15)10(16)17/h1-5H,(H2,12,13)(H,14,15)(H,16,17). The van der Waals surface area contributed by atoms with Gasteiger partial charge in [0.05, 0.1) is 0 Å². The number of carboxylic acids is 1. The fraction of sp³-hybridized carbons (Fsp3) is 0. The zero-order valence-electron chi connectivity index (χ0n) is 9.08. The molecule has 4 N–H and O–H groups in total. The van der Waals surface area contributed by atoms with Gasteiger partial charge in [0, 0.05) is 5.56 Å². The third-order valence-corrected chi connectivity index (χ3v) is 2.91. The summed E-state index contributed by atoms with van der Waals surface area (Å²) in [4.78, 5) is 25.7. The van der Waals surface area contributed by atoms with Crippen LogP contribution in [0.4, 0.5) is 10.1 Å². The second-order valence-corrected chi connectivity index (χ2v) is 4.39. The summed E-state index contributed by atoms with van der Waals surface area (Å²) in [7, 11) is 0. The highest BCUT2D eigenvalue weighted by molar-refractivity contribution is 7.20. The lowest BCUT2D eigenvalue weighted by Crippen LogP contribution is -2.21. The third-order valence-electron chi connectivity index (χ3n) is 2.11. The third kappa shape index (κ3) is 2.46. The topological polar surface area (TPSA) is 105 Å². The van der Waals surface area contributed by atoms with Crippen molar-refractivity contribution in [3.05, 3.63) is 30.3 Å². The number of benzene rings is 1. The molecular weight excluding hydrogens is 254 g/mol. The first kappa shape index (κ1) is 12.1. The van der Waals surface area contributed by atoms with Crippen molar-refractivity contribution in [3.63, 3.8) is 0 Å². The molecule has 0 unspecified atom stereocenters. The number of hydrogen-bond acceptors (Lipinski definition) is 5. The first-order valence-corrected chi connectivity index (χ1v) is 5.75. The number of amides is 1. The number of nitrogen functional groups attached to an aromatic ring is 1. The molecule has 1 amide bonds. The number of nitrogens with one attached hydrogen (secondary N) is 1. The zero-order valence-corrected chi connectivity index (χ0v) is 9.90. The molecule has 6 nitrogen and oxygen atoms in total. The van der Waals surface area contributed by atoms with Crippen LogP contribution in [0.3, 0.4) is 0 Å². The van der Waals surface area contributed by atoms with Gasteiger partial charge in [-0.3, -0.25) is 4.79 Å². The van der Waals surface area contributed by atoms with E-state index in [0.29, 0.717) is 10.7 Å². The fourth-order valence-electron chi connectivity index (χ4n) is 1.37. The molecule has 0 fully saturated rings. The van der Waals surface area contributed by atoms with Crippen molar-refractivity contribution in [1.29, 1.82) is 0 Å². The Hall–Kier alpha value is -2.41. The molecule has 18 heavy (non-hydrogen) atoms. The number of carboxylic acid groups (broad SMARTS) is 1. The van der Waals surface area contributed by atoms with Crippen LogP contribution >= 0.6 is 11.3 Å². The van der Waals surface area contributed by atoms with Crippen LogP contribution in [0.1, 0.15) is 0 Å². The van der Waals surface area contributed by atoms with E-state index in [1.807, 2.05) is 18.2 Å². The Morgan fingerprint density at radius 3 is 2.56 bits per heavy atom. The molecule has 0 saturated carbocycles. The molecule has 92 valence electrons. The number of thiazole rings is 1. The van der Waals surface area contributed by atoms with Gasteiger partial charge in [0.25, 0.3) is 0 Å². The predicted octanol–water partition coefficient (Wildman–Crippen LogP) is 1.42. The van der Waals surface area contributed by atoms with Gasteiger partial charge in [-0.25, -0.2) is 9.78 Å². The van der Waals surface area contributed by atoms with Crippen LogP contribution in [-0.4, -0.2) is 22.0 Å². The summed E-state index contributed by atoms with van der Waals surface area (Å²) in [6.45, 7) is 0. The van der Waals surface area contributed by atoms with Crippen LogP contribution in [0.15, 0.2) is 30.3 Å². The van der Waals surface area contributed by atoms with Crippen molar-refractivity contribution in [2.24, 2.45) is 0 Å². The summed E-state index contributed by atoms with van der Waals surface area (Å²) in [5.41, 5.74) is 6.80. The SMILES string of the molecule is Nc1nc(-c2ccccc2)c(NC(=O)C(=O)O)s1. The number of aromatic nitrogens is 1. The monoisotopic (exact) mass is 263 g/mol. The van der Waals surface area contributed by atoms with E-state index in [1.165, 1.54) is 0 Å². The average Bonchev–Trinajstić information content (AvgIpc) is 2.71. The zero-order chi connectivity index (χ0) is 13.1. The van der Waals surface area contributed by atoms with Gasteiger partial charge in [0.2, 0.25) is 0 Å². The van der Waals surface area contributed by atoms with Crippen molar-refractivity contribution in [2.45, 2.75) is 0 Å². The Morgan fingerprint density at radius 1 is 1.28 bits per heavy atom. The summed E-state index contributed by atoms with van der Waals surface area (Å²) in [5.74, 6) is -2.67. The molecule has 0 aliphatic rings. The number of rotatable bonds is 2. The Morgan fingerprint density at radius 2 is 1.94 bits per heavy atom. The number of anilines is 2. The molecule has 0 aliphatic carbocycles. The maximum Gasteiger partial charge on any atom is 0.394 e. The van der Waals surface area contributed by atoms with Crippen molar-refractivity contribution >= 4 is 33.3 Å². The van der Waals surface area contributed by atoms with Crippen molar-refractivity contribution in [1.82, 2.24) is 4.98 Å². The number of nitrogens with zero attached hydrogens (tertiary/aromatic N) is 1. The molecule has 7 heteroatoms. The van der Waals surface area contributed by atoms with E-state index in [1.54, 1.807) is 12.1 Å². The highest BCUT2D eigenvalue weighted by Crippen LogP contribution is 2.34. The van der Waals surface area contributed by atoms with Crippen LogP contribution in [0, 0.1) is 0 Å². The normalized spacial score (nSPS) is 10.0. The number of hydrogen-bond donors (Lipinski definition) is 3. The smallest absolute Gasteiger partial charge is 0.394 e. The van der Waals surface area contributed by atoms with E-state index in [2.05, 4.69) is 10.3 Å². The van der Waals surface area contributed by atoms with Gasteiger partial charge in [-0.05, 0) is 0 Å². The molecule has 2 aromatic rings. The largest absolute Gasteiger partial charge is 0.474 e. The summed E-state index contributed by atoms with van der Waals surface area (Å²) >= 11 is 1.03. The van der Waals surface area contributed by atoms with E-state index < -0.39 is 11.9 Å². The Bertz CT molecular complexity index is 595. The molecule has 1 aromatic heterocycles. The van der Waals surface area contributed by atoms with Crippen molar-refractivity contribution in [2.75, 3.05) is 11.1 Å². The van der Waals surface area contributed by atoms with E-state index in [4.69, 9.17) is 10.8 Å². The molecule has 0 aliphatic heterocycles. The van der Waals surface area contributed by atoms with E-state index in [0.717, 1.165) is 16.9 Å². The van der Waals surface area contributed by atoms with Crippen LogP contribution in [-0.2, 0) is 9.59 Å². The first-order valence-electron chi connectivity index (χ1n) is 4.94. The Balaban J connectivity index is 2.38. The molecule has 0 radical (unpaired) electrons. The second kappa shape index (κ2) is 4.84. The van der Waals surface area contributed by atoms with Crippen LogP contribution in [0.2, 0.25) is 0 Å². The number of aliphatic carboxylic acids is 1. The highest BCUT2D eigenvalue weighted by Gasteiger charge is 2.17. The molecule has 2 rings (SSSR count). The van der Waals surface area contributed by atoms with Gasteiger partial charge in [0.1, 0.15) is 10.7 Å². The molecule has 0 atom stereocenters. The predicted molar refractivity (Wildman–Crippen MR) is 68.2 cm³/mol. The number of nitrogens with two attached hydrogens (primary N) is 1. The van der Waals surface area contributed by atoms with Crippen molar-refractivity contribution < 1.29 is 14.7 Å². The Kier molecular flexibility index (Phi) is 3.24. The number of carbonyl (C=O) groups is 2. The lowest BCUT2D eigenvalue weighted by molar-refractivity contribution is -0.147. The van der Waals surface area contributed by atoms with Gasteiger partial charge in [-0.15, -0.1) is 0 Å². The van der Waals surface area contributed by atoms with Crippen LogP contribution in [0.25, 0.3) is 11.3 Å². The molecular formula is C11H9N3O3S. The summed E-state index contributed by atoms with van der Waals surface area (Å²) in [6, 6.07) is 9.06. The number of carbonyl (C=O) groups excluding carboxylic acids is 1. The highest BCUT2D eigenvalue weighted by atomic mass is 32.1. The molecule has 1 heterocycles. The Labute approximate surface area is 106 Å². The minimum Gasteiger partial charge on any atom is -0.474 e. The van der Waals surface area contributed by atoms with Gasteiger partial charge in [0.15, 0.2) is 5.13 Å². The van der Waals surface area contributed by atoms with Gasteiger partial charge in [-0.2, -0.15) is 0 Å². The van der Waals surface area contributed by atoms with Gasteiger partial charge < -0.3 is 16.2 Å². The van der Waals surface area contributed by atoms with E-state index in [9.17, 15) is 9.59 Å². The summed E-state index contributed by atoms with van der Waals surface area (Å²) in [6.07, 6.45) is 0. The fourth-order valence-corrected chi connectivity index (χ4v) is 2.12. The van der Waals surface area contributed by atoms with Gasteiger partial charge >= 0.3 is 11.9 Å². The van der Waals surface area contributed by atoms with Gasteiger partial charge in [-0.1, -0.05) is 41.7 Å². The molecule has 1 aromatic carbocycles. The maximum atomic E-state index is 11.1. The second-order valence-electron chi connectivity index (χ2n) is 3.36. The lowest BCUT2D eigenvalue weighted by atomic mass is 10.2. The van der Waals surface area contributed by atoms with E-state index >= 15 is 0 Å². The molecule has 0 saturated heterocycles. The molecule has 0 spiro atoms. The summed E-state index contributed by atoms with van der Waals surface area (Å²) < 4.78 is 0. The quantitative estimate of drug-likeness (QED) is 0.710. The summed E-state index contributed by atoms with van der Waals surface area (Å²) in [5, 5.41) is 11.4. The minimum absolute atomic E-state index is 0.259. The molecule has 0 bridgehead atoms.